The van der Waals surface area contributed by atoms with Gasteiger partial charge in [-0.05, 0) is 71.8 Å². The molecule has 0 aliphatic carbocycles. The Balaban J connectivity index is 1.13. The molecule has 0 spiro atoms. The number of hydrogen-bond donors (Lipinski definition) is 0. The van der Waals surface area contributed by atoms with Gasteiger partial charge in [-0.1, -0.05) is 50.3 Å². The highest BCUT2D eigenvalue weighted by Crippen LogP contribution is 2.36. The number of carbonyl (C=O) groups is 4. The third-order valence-corrected chi connectivity index (χ3v) is 8.13. The fourth-order valence-electron chi connectivity index (χ4n) is 5.57. The van der Waals surface area contributed by atoms with Gasteiger partial charge in [0.05, 0.1) is 22.3 Å². The minimum atomic E-state index is -0.358. The van der Waals surface area contributed by atoms with E-state index in [-0.39, 0.29) is 42.1 Å². The van der Waals surface area contributed by atoms with E-state index in [0.717, 1.165) is 20.9 Å². The summed E-state index contributed by atoms with van der Waals surface area (Å²) in [5, 5.41) is 0. The highest BCUT2D eigenvalue weighted by Gasteiger charge is 2.36. The van der Waals surface area contributed by atoms with Crippen LogP contribution in [-0.2, 0) is 5.41 Å². The number of hydrogen-bond acceptors (Lipinski definition) is 6. The van der Waals surface area contributed by atoms with Gasteiger partial charge in [-0.2, -0.15) is 0 Å². The molecule has 0 atom stereocenters. The average molecular weight is 599 g/mol. The van der Waals surface area contributed by atoms with Crippen molar-refractivity contribution in [3.8, 4) is 23.0 Å². The molecule has 0 radical (unpaired) electrons. The highest BCUT2D eigenvalue weighted by molar-refractivity contribution is 6.22. The van der Waals surface area contributed by atoms with Gasteiger partial charge in [-0.3, -0.25) is 29.0 Å². The largest absolute Gasteiger partial charge is 0.457 e. The lowest BCUT2D eigenvalue weighted by Crippen LogP contribution is -2.29. The van der Waals surface area contributed by atoms with E-state index < -0.39 is 0 Å². The summed E-state index contributed by atoms with van der Waals surface area (Å²) in [6, 6.07) is 25.2. The van der Waals surface area contributed by atoms with E-state index in [1.807, 2.05) is 48.5 Å². The van der Waals surface area contributed by atoms with E-state index in [0.29, 0.717) is 45.3 Å². The van der Waals surface area contributed by atoms with Crippen molar-refractivity contribution >= 4 is 23.6 Å². The van der Waals surface area contributed by atoms with Crippen LogP contribution in [0.15, 0.2) is 110 Å². The number of imide groups is 2. The van der Waals surface area contributed by atoms with Crippen LogP contribution in [0.25, 0.3) is 0 Å². The van der Waals surface area contributed by atoms with Crippen LogP contribution in [-0.4, -0.2) is 46.5 Å². The summed E-state index contributed by atoms with van der Waals surface area (Å²) >= 11 is 0. The molecule has 4 aromatic carbocycles. The Morgan fingerprint density at radius 2 is 0.867 bits per heavy atom. The lowest BCUT2D eigenvalue weighted by Gasteiger charge is -2.26. The Hall–Kier alpha value is -5.76. The van der Waals surface area contributed by atoms with Crippen LogP contribution in [0.2, 0.25) is 0 Å². The first-order chi connectivity index (χ1) is 21.6. The van der Waals surface area contributed by atoms with Crippen LogP contribution in [0.1, 0.15) is 66.4 Å². The summed E-state index contributed by atoms with van der Waals surface area (Å²) in [4.78, 5) is 52.6. The number of amides is 4. The van der Waals surface area contributed by atoms with Crippen molar-refractivity contribution in [1.82, 2.24) is 9.80 Å². The molecule has 6 rings (SSSR count). The molecule has 8 heteroatoms. The molecule has 0 aromatic heterocycles. The summed E-state index contributed by atoms with van der Waals surface area (Å²) < 4.78 is 12.0. The molecular weight excluding hydrogens is 568 g/mol. The van der Waals surface area contributed by atoms with Gasteiger partial charge in [-0.25, -0.2) is 0 Å². The second kappa shape index (κ2) is 11.4. The molecule has 0 fully saturated rings. The van der Waals surface area contributed by atoms with Gasteiger partial charge in [0.15, 0.2) is 0 Å². The van der Waals surface area contributed by atoms with Crippen molar-refractivity contribution in [3.63, 3.8) is 0 Å². The quantitative estimate of drug-likeness (QED) is 0.142. The Morgan fingerprint density at radius 3 is 1.22 bits per heavy atom. The minimum Gasteiger partial charge on any atom is -0.457 e. The highest BCUT2D eigenvalue weighted by atomic mass is 16.5. The second-order valence-corrected chi connectivity index (χ2v) is 11.3. The third kappa shape index (κ3) is 5.20. The molecule has 0 unspecified atom stereocenters. The molecule has 2 aliphatic rings. The maximum Gasteiger partial charge on any atom is 0.261 e. The molecule has 45 heavy (non-hydrogen) atoms. The molecule has 0 bridgehead atoms. The molecule has 0 N–H and O–H groups in total. The van der Waals surface area contributed by atoms with Gasteiger partial charge in [0.2, 0.25) is 0 Å². The Kier molecular flexibility index (Phi) is 7.42. The number of fused-ring (bicyclic) bond motifs is 2. The zero-order chi connectivity index (χ0) is 31.9. The Morgan fingerprint density at radius 1 is 0.533 bits per heavy atom. The monoisotopic (exact) mass is 598 g/mol. The van der Waals surface area contributed by atoms with E-state index in [1.165, 1.54) is 12.2 Å². The summed E-state index contributed by atoms with van der Waals surface area (Å²) in [5.74, 6) is 0.742. The van der Waals surface area contributed by atoms with Crippen molar-refractivity contribution in [3.05, 3.63) is 144 Å². The minimum absolute atomic E-state index is 0.158. The number of benzene rings is 4. The lowest BCUT2D eigenvalue weighted by molar-refractivity contribution is 0.0656. The summed E-state index contributed by atoms with van der Waals surface area (Å²) in [6.07, 6.45) is 3.04. The fourth-order valence-corrected chi connectivity index (χ4v) is 5.57. The summed E-state index contributed by atoms with van der Waals surface area (Å²) in [6.45, 7) is 11.8. The van der Waals surface area contributed by atoms with Crippen LogP contribution in [0, 0.1) is 0 Å². The first-order valence-electron chi connectivity index (χ1n) is 14.4. The average Bonchev–Trinajstić information content (AvgIpc) is 3.41. The van der Waals surface area contributed by atoms with Crippen LogP contribution in [0.3, 0.4) is 0 Å². The second-order valence-electron chi connectivity index (χ2n) is 11.3. The zero-order valence-corrected chi connectivity index (χ0v) is 24.9. The van der Waals surface area contributed by atoms with E-state index in [9.17, 15) is 19.2 Å². The van der Waals surface area contributed by atoms with Crippen molar-refractivity contribution < 1.29 is 28.7 Å². The molecule has 2 aliphatic heterocycles. The number of rotatable bonds is 10. The number of ether oxygens (including phenoxy) is 2. The van der Waals surface area contributed by atoms with E-state index >= 15 is 0 Å². The van der Waals surface area contributed by atoms with Gasteiger partial charge >= 0.3 is 0 Å². The Bertz CT molecular complexity index is 1750. The first-order valence-corrected chi connectivity index (χ1v) is 14.4. The van der Waals surface area contributed by atoms with Gasteiger partial charge in [0.1, 0.15) is 23.0 Å². The molecule has 224 valence electrons. The van der Waals surface area contributed by atoms with Crippen LogP contribution in [0.5, 0.6) is 23.0 Å². The number of nitrogens with zero attached hydrogens (tertiary/aromatic N) is 2. The summed E-state index contributed by atoms with van der Waals surface area (Å²) in [7, 11) is 0. The van der Waals surface area contributed by atoms with E-state index in [1.54, 1.807) is 36.4 Å². The van der Waals surface area contributed by atoms with Gasteiger partial charge in [0, 0.05) is 18.5 Å². The van der Waals surface area contributed by atoms with Gasteiger partial charge < -0.3 is 9.47 Å². The van der Waals surface area contributed by atoms with E-state index in [4.69, 9.17) is 9.47 Å². The van der Waals surface area contributed by atoms with Crippen molar-refractivity contribution in [2.45, 2.75) is 19.3 Å². The first kappa shape index (κ1) is 29.3. The maximum atomic E-state index is 12.7. The molecule has 2 heterocycles. The SMILES string of the molecule is C=CCN1C(=O)c2ccc(Oc3ccc(C(C)(C)c4ccc(Oc5ccc6c(c5)C(=O)N(CC=C)C6=O)cc4)cc3)cc2C1=O. The van der Waals surface area contributed by atoms with Crippen LogP contribution < -0.4 is 9.47 Å². The fraction of sp³-hybridized carbons (Fsp3) is 0.135. The maximum absolute atomic E-state index is 12.7. The third-order valence-electron chi connectivity index (χ3n) is 8.13. The predicted octanol–water partition coefficient (Wildman–Crippen LogP) is 7.16. The standard InChI is InChI=1S/C37H30N2O6/c1-5-19-38-33(40)29-17-15-27(21-31(29)35(38)42)44-25-11-7-23(8-12-25)37(3,4)24-9-13-26(14-10-24)45-28-16-18-30-32(22-28)36(43)39(20-6-2)34(30)41/h5-18,21-22H,1-2,19-20H2,3-4H3. The van der Waals surface area contributed by atoms with Crippen LogP contribution in [0.4, 0.5) is 0 Å². The van der Waals surface area contributed by atoms with Crippen LogP contribution >= 0.6 is 0 Å². The predicted molar refractivity (Wildman–Crippen MR) is 169 cm³/mol. The van der Waals surface area contributed by atoms with E-state index in [2.05, 4.69) is 27.0 Å². The number of carbonyl (C=O) groups excluding carboxylic acids is 4. The molecule has 8 nitrogen and oxygen atoms in total. The molecule has 0 saturated heterocycles. The topological polar surface area (TPSA) is 93.2 Å². The molecule has 4 aromatic rings. The van der Waals surface area contributed by atoms with Crippen molar-refractivity contribution in [2.24, 2.45) is 0 Å². The summed E-state index contributed by atoms with van der Waals surface area (Å²) in [5.41, 5.74) is 3.13. The lowest BCUT2D eigenvalue weighted by atomic mass is 9.78. The van der Waals surface area contributed by atoms with Crippen molar-refractivity contribution in [1.29, 1.82) is 0 Å². The van der Waals surface area contributed by atoms with Gasteiger partial charge in [0.25, 0.3) is 23.6 Å². The van der Waals surface area contributed by atoms with Crippen molar-refractivity contribution in [2.75, 3.05) is 13.1 Å². The smallest absolute Gasteiger partial charge is 0.261 e. The van der Waals surface area contributed by atoms with Gasteiger partial charge in [-0.15, -0.1) is 13.2 Å². The molecule has 4 amide bonds. The molecule has 0 saturated carbocycles. The normalized spacial score (nSPS) is 14.0. The molecular formula is C37H30N2O6. The zero-order valence-electron chi connectivity index (χ0n) is 24.9. The Labute approximate surface area is 260 Å².